The van der Waals surface area contributed by atoms with Crippen LogP contribution in [0, 0.1) is 0 Å². The lowest BCUT2D eigenvalue weighted by Crippen LogP contribution is -2.33. The maximum atomic E-state index is 11.2. The lowest BCUT2D eigenvalue weighted by atomic mass is 10.7. The van der Waals surface area contributed by atoms with Gasteiger partial charge in [-0.15, -0.1) is 0 Å². The van der Waals surface area contributed by atoms with Crippen molar-refractivity contribution in [2.24, 2.45) is 12.9 Å². The van der Waals surface area contributed by atoms with Crippen LogP contribution in [-0.4, -0.2) is 24.7 Å². The largest absolute Gasteiger partial charge is 0.339 e. The van der Waals surface area contributed by atoms with Gasteiger partial charge >= 0.3 is 11.1 Å². The Balaban J connectivity index is 2.44. The molecule has 0 unspecified atom stereocenters. The van der Waals surface area contributed by atoms with Crippen molar-refractivity contribution < 1.29 is 0 Å². The Morgan fingerprint density at radius 3 is 2.89 bits per heavy atom. The van der Waals surface area contributed by atoms with Gasteiger partial charge < -0.3 is 0 Å². The number of nitrogens with one attached hydrogen (secondary N) is 2. The molecule has 0 spiro atoms. The molecule has 0 amide bonds. The van der Waals surface area contributed by atoms with Crippen LogP contribution >= 0.6 is 23.4 Å². The average molecular weight is 302 g/mol. The summed E-state index contributed by atoms with van der Waals surface area (Å²) in [5.41, 5.74) is 0.587. The number of aryl methyl sites for hydroxylation is 1. The lowest BCUT2D eigenvalue weighted by Gasteiger charge is -2.07. The molecule has 2 heterocycles. The van der Waals surface area contributed by atoms with Crippen molar-refractivity contribution in [2.75, 3.05) is 5.43 Å². The minimum atomic E-state index is -0.886. The van der Waals surface area contributed by atoms with E-state index in [1.807, 2.05) is 0 Å². The van der Waals surface area contributed by atoms with Crippen molar-refractivity contribution in [3.8, 4) is 0 Å². The van der Waals surface area contributed by atoms with E-state index in [1.54, 1.807) is 0 Å². The number of hydrogen-bond acceptors (Lipinski definition) is 8. The van der Waals surface area contributed by atoms with Gasteiger partial charge in [0.2, 0.25) is 5.95 Å². The van der Waals surface area contributed by atoms with Crippen molar-refractivity contribution >= 4 is 29.3 Å². The summed E-state index contributed by atoms with van der Waals surface area (Å²) in [6.07, 6.45) is 1.36. The number of rotatable bonds is 3. The number of nitrogen functional groups attached to an aromatic ring is 1. The number of aromatic amines is 1. The molecule has 0 bridgehead atoms. The topological polar surface area (TPSA) is 132 Å². The van der Waals surface area contributed by atoms with Crippen LogP contribution in [-0.2, 0) is 7.05 Å². The number of aromatic nitrogens is 5. The molecule has 0 aliphatic carbocycles. The third kappa shape index (κ3) is 2.92. The second-order valence-corrected chi connectivity index (χ2v) is 4.66. The molecule has 9 nitrogen and oxygen atoms in total. The van der Waals surface area contributed by atoms with Gasteiger partial charge in [0.05, 0.1) is 11.2 Å². The quantitative estimate of drug-likeness (QED) is 0.295. The third-order valence-electron chi connectivity index (χ3n) is 1.98. The van der Waals surface area contributed by atoms with Crippen LogP contribution in [0.2, 0.25) is 5.02 Å². The van der Waals surface area contributed by atoms with Crippen molar-refractivity contribution in [1.29, 1.82) is 0 Å². The molecule has 0 radical (unpaired) electrons. The Labute approximate surface area is 115 Å². The molecule has 0 aliphatic heterocycles. The van der Waals surface area contributed by atoms with Gasteiger partial charge in [-0.3, -0.25) is 24.8 Å². The molecule has 0 aliphatic rings. The fourth-order valence-corrected chi connectivity index (χ4v) is 2.10. The minimum absolute atomic E-state index is 0.168. The summed E-state index contributed by atoms with van der Waals surface area (Å²) in [6, 6.07) is 0. The number of nitrogens with two attached hydrogens (primary N) is 1. The van der Waals surface area contributed by atoms with E-state index in [9.17, 15) is 9.59 Å². The van der Waals surface area contributed by atoms with E-state index in [-0.39, 0.29) is 16.1 Å². The monoisotopic (exact) mass is 301 g/mol. The Kier molecular flexibility index (Phi) is 3.83. The second kappa shape index (κ2) is 5.38. The molecule has 11 heteroatoms. The Morgan fingerprint density at radius 2 is 2.21 bits per heavy atom. The number of H-pyrrole nitrogens is 1. The minimum Gasteiger partial charge on any atom is -0.292 e. The number of hydrazine groups is 1. The number of hydrogen-bond donors (Lipinski definition) is 3. The highest BCUT2D eigenvalue weighted by Gasteiger charge is 2.11. The van der Waals surface area contributed by atoms with Gasteiger partial charge in [-0.05, 0) is 11.8 Å². The van der Waals surface area contributed by atoms with E-state index in [4.69, 9.17) is 17.4 Å². The van der Waals surface area contributed by atoms with E-state index in [0.717, 1.165) is 11.8 Å². The first-order chi connectivity index (χ1) is 9.01. The van der Waals surface area contributed by atoms with Gasteiger partial charge in [0.1, 0.15) is 5.03 Å². The van der Waals surface area contributed by atoms with E-state index in [1.165, 1.54) is 17.9 Å². The number of nitrogens with zero attached hydrogens (tertiary/aromatic N) is 4. The third-order valence-corrected chi connectivity index (χ3v) is 3.42. The maximum Gasteiger partial charge on any atom is 0.339 e. The van der Waals surface area contributed by atoms with E-state index in [0.29, 0.717) is 5.03 Å². The van der Waals surface area contributed by atoms with Gasteiger partial charge in [0.15, 0.2) is 5.16 Å². The Bertz CT molecular complexity index is 728. The molecule has 2 rings (SSSR count). The zero-order valence-electron chi connectivity index (χ0n) is 9.55. The first-order valence-corrected chi connectivity index (χ1v) is 6.05. The van der Waals surface area contributed by atoms with Crippen LogP contribution in [0.5, 0.6) is 0 Å². The van der Waals surface area contributed by atoms with Gasteiger partial charge in [0.25, 0.3) is 0 Å². The average Bonchev–Trinajstić information content (AvgIpc) is 2.38. The van der Waals surface area contributed by atoms with Crippen molar-refractivity contribution in [2.45, 2.75) is 10.2 Å². The van der Waals surface area contributed by atoms with Gasteiger partial charge in [-0.2, -0.15) is 4.98 Å². The molecule has 100 valence electrons. The van der Waals surface area contributed by atoms with Gasteiger partial charge in [-0.1, -0.05) is 11.6 Å². The zero-order valence-corrected chi connectivity index (χ0v) is 11.1. The molecular formula is C8H8ClN7O2S. The molecular weight excluding hydrogens is 294 g/mol. The van der Waals surface area contributed by atoms with E-state index in [2.05, 4.69) is 25.5 Å². The predicted octanol–water partition coefficient (Wildman–Crippen LogP) is -0.651. The molecule has 0 saturated heterocycles. The maximum absolute atomic E-state index is 11.2. The summed E-state index contributed by atoms with van der Waals surface area (Å²) in [5.74, 6) is 5.36. The molecule has 0 fully saturated rings. The van der Waals surface area contributed by atoms with Crippen LogP contribution < -0.4 is 22.4 Å². The summed E-state index contributed by atoms with van der Waals surface area (Å²) < 4.78 is 1.29. The smallest absolute Gasteiger partial charge is 0.292 e. The Hall–Kier alpha value is -1.91. The van der Waals surface area contributed by atoms with Gasteiger partial charge in [-0.25, -0.2) is 15.8 Å². The lowest BCUT2D eigenvalue weighted by molar-refractivity contribution is 0.596. The van der Waals surface area contributed by atoms with Crippen LogP contribution in [0.15, 0.2) is 26.0 Å². The number of anilines is 1. The van der Waals surface area contributed by atoms with Crippen LogP contribution in [0.3, 0.4) is 0 Å². The molecule has 2 aromatic heterocycles. The summed E-state index contributed by atoms with van der Waals surface area (Å²) >= 11 is 6.92. The molecule has 2 aromatic rings. The van der Waals surface area contributed by atoms with Crippen LogP contribution in [0.25, 0.3) is 0 Å². The standard InChI is InChI=1S/C8H8ClN7O2S/c1-16-8(12-4(17)5(18)15-16)19-6-3(9)2-11-7(13-6)14-10/h2H,10H2,1H3,(H,15,18)(H,11,13,14). The van der Waals surface area contributed by atoms with Crippen LogP contribution in [0.4, 0.5) is 5.95 Å². The molecule has 0 saturated carbocycles. The van der Waals surface area contributed by atoms with Crippen molar-refractivity contribution in [3.63, 3.8) is 0 Å². The Morgan fingerprint density at radius 1 is 1.47 bits per heavy atom. The van der Waals surface area contributed by atoms with Crippen LogP contribution in [0.1, 0.15) is 0 Å². The van der Waals surface area contributed by atoms with E-state index >= 15 is 0 Å². The predicted molar refractivity (Wildman–Crippen MR) is 69.1 cm³/mol. The molecule has 4 N–H and O–H groups in total. The summed E-state index contributed by atoms with van der Waals surface area (Å²) in [4.78, 5) is 33.7. The van der Waals surface area contributed by atoms with Crippen molar-refractivity contribution in [1.82, 2.24) is 24.7 Å². The van der Waals surface area contributed by atoms with Crippen molar-refractivity contribution in [3.05, 3.63) is 31.9 Å². The fraction of sp³-hybridized carbons (Fsp3) is 0.125. The summed E-state index contributed by atoms with van der Waals surface area (Å²) in [5, 5.41) is 3.16. The first kappa shape index (κ1) is 13.5. The normalized spacial score (nSPS) is 10.5. The highest BCUT2D eigenvalue weighted by atomic mass is 35.5. The van der Waals surface area contributed by atoms with Gasteiger partial charge in [0, 0.05) is 7.05 Å². The molecule has 19 heavy (non-hydrogen) atoms. The van der Waals surface area contributed by atoms with E-state index < -0.39 is 11.1 Å². The molecule has 0 atom stereocenters. The fourth-order valence-electron chi connectivity index (χ4n) is 1.13. The number of halogens is 1. The zero-order chi connectivity index (χ0) is 14.0. The second-order valence-electron chi connectivity index (χ2n) is 3.29. The SMILES string of the molecule is Cn1[nH]c(=O)c(=O)nc1Sc1nc(NN)ncc1Cl. The summed E-state index contributed by atoms with van der Waals surface area (Å²) in [7, 11) is 1.54. The first-order valence-electron chi connectivity index (χ1n) is 4.85. The highest BCUT2D eigenvalue weighted by molar-refractivity contribution is 7.99. The molecule has 0 aromatic carbocycles. The highest BCUT2D eigenvalue weighted by Crippen LogP contribution is 2.29. The summed E-state index contributed by atoms with van der Waals surface area (Å²) in [6.45, 7) is 0.